The van der Waals surface area contributed by atoms with Crippen LogP contribution in [0.3, 0.4) is 0 Å². The molecule has 0 saturated heterocycles. The van der Waals surface area contributed by atoms with E-state index in [0.717, 1.165) is 51.1 Å². The molecule has 2 rings (SSSR count). The van der Waals surface area contributed by atoms with Gasteiger partial charge in [0.15, 0.2) is 5.96 Å². The van der Waals surface area contributed by atoms with Crippen molar-refractivity contribution in [1.82, 2.24) is 15.5 Å². The Morgan fingerprint density at radius 3 is 2.69 bits per heavy atom. The molecule has 26 heavy (non-hydrogen) atoms. The number of ether oxygens (including phenoxy) is 1. The van der Waals surface area contributed by atoms with Crippen molar-refractivity contribution >= 4 is 29.9 Å². The zero-order valence-electron chi connectivity index (χ0n) is 16.5. The summed E-state index contributed by atoms with van der Waals surface area (Å²) in [6.07, 6.45) is 3.71. The molecule has 0 unspecified atom stereocenters. The Hall–Kier alpha value is -0.860. The summed E-state index contributed by atoms with van der Waals surface area (Å²) in [4.78, 5) is 6.88. The SMILES string of the molecule is CCNC(=NCc1cccc(CN(C)C)c1)NCCCOCC1CC1.I. The highest BCUT2D eigenvalue weighted by atomic mass is 127. The number of hydrogen-bond acceptors (Lipinski definition) is 3. The summed E-state index contributed by atoms with van der Waals surface area (Å²) in [5.74, 6) is 1.72. The fourth-order valence-electron chi connectivity index (χ4n) is 2.62. The van der Waals surface area contributed by atoms with Gasteiger partial charge >= 0.3 is 0 Å². The van der Waals surface area contributed by atoms with Gasteiger partial charge in [0, 0.05) is 32.8 Å². The van der Waals surface area contributed by atoms with Crippen LogP contribution in [-0.2, 0) is 17.8 Å². The van der Waals surface area contributed by atoms with Crippen LogP contribution in [0.1, 0.15) is 37.3 Å². The average Bonchev–Trinajstić information content (AvgIpc) is 3.39. The van der Waals surface area contributed by atoms with Crippen molar-refractivity contribution in [3.8, 4) is 0 Å². The molecule has 1 aromatic rings. The van der Waals surface area contributed by atoms with Gasteiger partial charge < -0.3 is 20.3 Å². The quantitative estimate of drug-likeness (QED) is 0.224. The summed E-state index contributed by atoms with van der Waals surface area (Å²) >= 11 is 0. The number of benzene rings is 1. The van der Waals surface area contributed by atoms with E-state index in [9.17, 15) is 0 Å². The zero-order valence-corrected chi connectivity index (χ0v) is 18.8. The molecule has 0 heterocycles. The summed E-state index contributed by atoms with van der Waals surface area (Å²) in [5.41, 5.74) is 2.56. The molecule has 1 aromatic carbocycles. The maximum Gasteiger partial charge on any atom is 0.191 e. The molecule has 6 heteroatoms. The zero-order chi connectivity index (χ0) is 17.9. The molecular formula is C20H35IN4O. The van der Waals surface area contributed by atoms with Gasteiger partial charge in [-0.2, -0.15) is 0 Å². The van der Waals surface area contributed by atoms with E-state index in [-0.39, 0.29) is 24.0 Å². The smallest absolute Gasteiger partial charge is 0.191 e. The first-order chi connectivity index (χ1) is 12.2. The molecule has 2 N–H and O–H groups in total. The van der Waals surface area contributed by atoms with Gasteiger partial charge in [-0.05, 0) is 57.3 Å². The Balaban J connectivity index is 0.00000338. The van der Waals surface area contributed by atoms with Crippen molar-refractivity contribution in [2.24, 2.45) is 10.9 Å². The number of guanidine groups is 1. The topological polar surface area (TPSA) is 48.9 Å². The van der Waals surface area contributed by atoms with Crippen LogP contribution in [0.4, 0.5) is 0 Å². The Kier molecular flexibility index (Phi) is 11.9. The third-order valence-electron chi connectivity index (χ3n) is 4.06. The predicted molar refractivity (Wildman–Crippen MR) is 120 cm³/mol. The highest BCUT2D eigenvalue weighted by Gasteiger charge is 2.20. The fraction of sp³-hybridized carbons (Fsp3) is 0.650. The maximum absolute atomic E-state index is 5.67. The van der Waals surface area contributed by atoms with Gasteiger partial charge in [-0.3, -0.25) is 0 Å². The largest absolute Gasteiger partial charge is 0.381 e. The van der Waals surface area contributed by atoms with Crippen LogP contribution >= 0.6 is 24.0 Å². The summed E-state index contributed by atoms with van der Waals surface area (Å²) in [6.45, 7) is 7.26. The summed E-state index contributed by atoms with van der Waals surface area (Å²) in [7, 11) is 4.18. The monoisotopic (exact) mass is 474 g/mol. The lowest BCUT2D eigenvalue weighted by atomic mass is 10.1. The first kappa shape index (κ1) is 23.2. The number of hydrogen-bond donors (Lipinski definition) is 2. The van der Waals surface area contributed by atoms with Gasteiger partial charge in [0.05, 0.1) is 6.54 Å². The highest BCUT2D eigenvalue weighted by molar-refractivity contribution is 14.0. The van der Waals surface area contributed by atoms with E-state index < -0.39 is 0 Å². The molecule has 0 amide bonds. The van der Waals surface area contributed by atoms with Gasteiger partial charge in [0.1, 0.15) is 0 Å². The number of nitrogens with one attached hydrogen (secondary N) is 2. The molecule has 0 aromatic heterocycles. The first-order valence-corrected chi connectivity index (χ1v) is 9.50. The number of halogens is 1. The summed E-state index contributed by atoms with van der Waals surface area (Å²) in [6, 6.07) is 8.65. The molecule has 1 fully saturated rings. The molecule has 1 saturated carbocycles. The van der Waals surface area contributed by atoms with Crippen LogP contribution in [0.5, 0.6) is 0 Å². The van der Waals surface area contributed by atoms with Crippen molar-refractivity contribution in [3.63, 3.8) is 0 Å². The molecule has 0 bridgehead atoms. The molecule has 1 aliphatic rings. The molecule has 0 aliphatic heterocycles. The van der Waals surface area contributed by atoms with Gasteiger partial charge in [0.2, 0.25) is 0 Å². The standard InChI is InChI=1S/C20H34N4O.HI/c1-4-21-20(22-11-6-12-25-16-17-9-10-17)23-14-18-7-5-8-19(13-18)15-24(2)3;/h5,7-8,13,17H,4,6,9-12,14-16H2,1-3H3,(H2,21,22,23);1H. The number of nitrogens with zero attached hydrogens (tertiary/aromatic N) is 2. The Morgan fingerprint density at radius 1 is 1.23 bits per heavy atom. The van der Waals surface area contributed by atoms with Crippen molar-refractivity contribution in [3.05, 3.63) is 35.4 Å². The van der Waals surface area contributed by atoms with Crippen LogP contribution in [-0.4, -0.2) is 51.3 Å². The normalized spacial score (nSPS) is 14.2. The molecular weight excluding hydrogens is 439 g/mol. The molecule has 0 atom stereocenters. The Labute approximate surface area is 176 Å². The van der Waals surface area contributed by atoms with E-state index in [1.165, 1.54) is 24.0 Å². The predicted octanol–water partition coefficient (Wildman–Crippen LogP) is 3.24. The number of rotatable bonds is 11. The van der Waals surface area contributed by atoms with Crippen LogP contribution in [0.2, 0.25) is 0 Å². The Morgan fingerprint density at radius 2 is 2.00 bits per heavy atom. The lowest BCUT2D eigenvalue weighted by molar-refractivity contribution is 0.123. The average molecular weight is 474 g/mol. The van der Waals surface area contributed by atoms with Gasteiger partial charge in [-0.15, -0.1) is 24.0 Å². The van der Waals surface area contributed by atoms with E-state index in [0.29, 0.717) is 6.54 Å². The lowest BCUT2D eigenvalue weighted by Gasteiger charge is -2.12. The van der Waals surface area contributed by atoms with E-state index >= 15 is 0 Å². The second kappa shape index (κ2) is 13.3. The van der Waals surface area contributed by atoms with Gasteiger partial charge in [-0.25, -0.2) is 4.99 Å². The van der Waals surface area contributed by atoms with Crippen molar-refractivity contribution in [1.29, 1.82) is 0 Å². The summed E-state index contributed by atoms with van der Waals surface area (Å²) < 4.78 is 5.67. The minimum atomic E-state index is 0. The van der Waals surface area contributed by atoms with Crippen molar-refractivity contribution in [2.45, 2.75) is 39.3 Å². The van der Waals surface area contributed by atoms with Gasteiger partial charge in [0.25, 0.3) is 0 Å². The van der Waals surface area contributed by atoms with E-state index in [2.05, 4.69) is 60.8 Å². The minimum absolute atomic E-state index is 0. The van der Waals surface area contributed by atoms with Crippen molar-refractivity contribution < 1.29 is 4.74 Å². The van der Waals surface area contributed by atoms with Crippen LogP contribution < -0.4 is 10.6 Å². The van der Waals surface area contributed by atoms with Gasteiger partial charge in [-0.1, -0.05) is 24.3 Å². The third kappa shape index (κ3) is 10.3. The van der Waals surface area contributed by atoms with E-state index in [1.54, 1.807) is 0 Å². The first-order valence-electron chi connectivity index (χ1n) is 9.50. The van der Waals surface area contributed by atoms with E-state index in [4.69, 9.17) is 9.73 Å². The second-order valence-electron chi connectivity index (χ2n) is 7.05. The summed E-state index contributed by atoms with van der Waals surface area (Å²) in [5, 5.41) is 6.70. The second-order valence-corrected chi connectivity index (χ2v) is 7.05. The minimum Gasteiger partial charge on any atom is -0.381 e. The Bertz CT molecular complexity index is 532. The van der Waals surface area contributed by atoms with Crippen LogP contribution in [0, 0.1) is 5.92 Å². The fourth-order valence-corrected chi connectivity index (χ4v) is 2.62. The molecule has 0 spiro atoms. The molecule has 0 radical (unpaired) electrons. The lowest BCUT2D eigenvalue weighted by Crippen LogP contribution is -2.38. The number of aliphatic imine (C=N–C) groups is 1. The molecule has 1 aliphatic carbocycles. The molecule has 148 valence electrons. The van der Waals surface area contributed by atoms with E-state index in [1.807, 2.05) is 0 Å². The molecule has 5 nitrogen and oxygen atoms in total. The third-order valence-corrected chi connectivity index (χ3v) is 4.06. The van der Waals surface area contributed by atoms with Crippen molar-refractivity contribution in [2.75, 3.05) is 40.4 Å². The highest BCUT2D eigenvalue weighted by Crippen LogP contribution is 2.28. The van der Waals surface area contributed by atoms with Crippen LogP contribution in [0.25, 0.3) is 0 Å². The maximum atomic E-state index is 5.67. The van der Waals surface area contributed by atoms with Crippen LogP contribution in [0.15, 0.2) is 29.3 Å².